The van der Waals surface area contributed by atoms with E-state index in [0.717, 1.165) is 37.5 Å². The van der Waals surface area contributed by atoms with Gasteiger partial charge in [0.05, 0.1) is 7.11 Å². The van der Waals surface area contributed by atoms with E-state index in [1.54, 1.807) is 7.11 Å². The number of benzene rings is 1. The number of aromatic nitrogens is 2. The maximum Gasteiger partial charge on any atom is 0.118 e. The van der Waals surface area contributed by atoms with Gasteiger partial charge in [0.1, 0.15) is 11.6 Å². The topological polar surface area (TPSA) is 39.1 Å². The summed E-state index contributed by atoms with van der Waals surface area (Å²) in [6, 6.07) is 8.55. The first-order valence-electron chi connectivity index (χ1n) is 7.65. The van der Waals surface area contributed by atoms with Crippen LogP contribution in [-0.4, -0.2) is 23.2 Å². The molecule has 1 aromatic carbocycles. The van der Waals surface area contributed by atoms with E-state index in [4.69, 9.17) is 4.74 Å². The second kappa shape index (κ2) is 7.84. The summed E-state index contributed by atoms with van der Waals surface area (Å²) < 4.78 is 7.47. The molecule has 0 amide bonds. The van der Waals surface area contributed by atoms with E-state index in [1.807, 2.05) is 18.3 Å². The lowest BCUT2D eigenvalue weighted by molar-refractivity contribution is 0.414. The predicted molar refractivity (Wildman–Crippen MR) is 85.6 cm³/mol. The van der Waals surface area contributed by atoms with E-state index >= 15 is 0 Å². The summed E-state index contributed by atoms with van der Waals surface area (Å²) in [5, 5.41) is 3.55. The number of imidazole rings is 1. The maximum absolute atomic E-state index is 5.23. The molecule has 21 heavy (non-hydrogen) atoms. The van der Waals surface area contributed by atoms with E-state index < -0.39 is 0 Å². The van der Waals surface area contributed by atoms with Crippen LogP contribution in [0.15, 0.2) is 36.7 Å². The Morgan fingerprint density at radius 2 is 2.00 bits per heavy atom. The summed E-state index contributed by atoms with van der Waals surface area (Å²) in [5.41, 5.74) is 1.27. The number of likely N-dealkylation sites (N-methyl/N-ethyl adjacent to an activating group) is 1. The smallest absolute Gasteiger partial charge is 0.118 e. The molecule has 0 radical (unpaired) electrons. The van der Waals surface area contributed by atoms with Crippen molar-refractivity contribution in [2.24, 2.45) is 0 Å². The van der Waals surface area contributed by atoms with Crippen molar-refractivity contribution in [2.45, 2.75) is 39.3 Å². The molecule has 4 nitrogen and oxygen atoms in total. The molecule has 0 spiro atoms. The first-order chi connectivity index (χ1) is 10.3. The molecule has 0 aliphatic carbocycles. The molecule has 0 saturated heterocycles. The second-order valence-electron chi connectivity index (χ2n) is 5.12. The van der Waals surface area contributed by atoms with Crippen LogP contribution in [0.3, 0.4) is 0 Å². The van der Waals surface area contributed by atoms with Crippen molar-refractivity contribution >= 4 is 0 Å². The molecule has 1 aromatic heterocycles. The number of rotatable bonds is 8. The van der Waals surface area contributed by atoms with Crippen LogP contribution < -0.4 is 10.1 Å². The minimum absolute atomic E-state index is 0.277. The van der Waals surface area contributed by atoms with E-state index in [1.165, 1.54) is 5.56 Å². The summed E-state index contributed by atoms with van der Waals surface area (Å²) in [5.74, 6) is 2.03. The second-order valence-corrected chi connectivity index (χ2v) is 5.12. The van der Waals surface area contributed by atoms with Gasteiger partial charge in [-0.15, -0.1) is 0 Å². The molecule has 2 aromatic rings. The molecule has 1 unspecified atom stereocenters. The van der Waals surface area contributed by atoms with Gasteiger partial charge in [-0.05, 0) is 30.7 Å². The Morgan fingerprint density at radius 3 is 2.62 bits per heavy atom. The van der Waals surface area contributed by atoms with Gasteiger partial charge in [0.15, 0.2) is 0 Å². The summed E-state index contributed by atoms with van der Waals surface area (Å²) in [7, 11) is 1.69. The quantitative estimate of drug-likeness (QED) is 0.810. The molecular formula is C17H25N3O. The molecule has 0 aliphatic heterocycles. The Bertz CT molecular complexity index is 533. The Hall–Kier alpha value is -1.81. The van der Waals surface area contributed by atoms with Crippen molar-refractivity contribution in [1.29, 1.82) is 0 Å². The van der Waals surface area contributed by atoms with Crippen LogP contribution in [0.5, 0.6) is 5.75 Å². The van der Waals surface area contributed by atoms with Crippen LogP contribution in [0.2, 0.25) is 0 Å². The zero-order chi connectivity index (χ0) is 15.1. The Kier molecular flexibility index (Phi) is 5.81. The highest BCUT2D eigenvalue weighted by Gasteiger charge is 2.14. The molecular weight excluding hydrogens is 262 g/mol. The van der Waals surface area contributed by atoms with Crippen LogP contribution in [-0.2, 0) is 13.0 Å². The lowest BCUT2D eigenvalue weighted by Crippen LogP contribution is -2.24. The van der Waals surface area contributed by atoms with Crippen molar-refractivity contribution < 1.29 is 4.74 Å². The molecule has 1 heterocycles. The molecule has 0 aliphatic rings. The van der Waals surface area contributed by atoms with Gasteiger partial charge in [0, 0.05) is 31.4 Å². The fourth-order valence-corrected chi connectivity index (χ4v) is 2.55. The lowest BCUT2D eigenvalue weighted by Gasteiger charge is -2.19. The average Bonchev–Trinajstić information content (AvgIpc) is 2.94. The number of hydrogen-bond acceptors (Lipinski definition) is 3. The van der Waals surface area contributed by atoms with Gasteiger partial charge in [-0.1, -0.05) is 26.0 Å². The molecule has 1 atom stereocenters. The number of hydrogen-bond donors (Lipinski definition) is 1. The van der Waals surface area contributed by atoms with Gasteiger partial charge in [-0.25, -0.2) is 4.98 Å². The largest absolute Gasteiger partial charge is 0.497 e. The van der Waals surface area contributed by atoms with Gasteiger partial charge < -0.3 is 14.6 Å². The molecule has 0 fully saturated rings. The van der Waals surface area contributed by atoms with Crippen LogP contribution in [0, 0.1) is 0 Å². The highest BCUT2D eigenvalue weighted by Crippen LogP contribution is 2.21. The third-order valence-electron chi connectivity index (χ3n) is 3.62. The van der Waals surface area contributed by atoms with Crippen molar-refractivity contribution in [3.8, 4) is 5.75 Å². The Balaban J connectivity index is 2.15. The molecule has 4 heteroatoms. The van der Waals surface area contributed by atoms with Crippen LogP contribution in [0.25, 0.3) is 0 Å². The molecule has 114 valence electrons. The fraction of sp³-hybridized carbons (Fsp3) is 0.471. The molecule has 2 rings (SSSR count). The monoisotopic (exact) mass is 287 g/mol. The van der Waals surface area contributed by atoms with E-state index in [2.05, 4.69) is 47.0 Å². The van der Waals surface area contributed by atoms with Gasteiger partial charge >= 0.3 is 0 Å². The van der Waals surface area contributed by atoms with Crippen LogP contribution >= 0.6 is 0 Å². The first kappa shape index (κ1) is 15.6. The number of ether oxygens (including phenoxy) is 1. The van der Waals surface area contributed by atoms with Crippen molar-refractivity contribution in [1.82, 2.24) is 14.9 Å². The van der Waals surface area contributed by atoms with Crippen molar-refractivity contribution in [2.75, 3.05) is 13.7 Å². The van der Waals surface area contributed by atoms with E-state index in [9.17, 15) is 0 Å². The summed E-state index contributed by atoms with van der Waals surface area (Å²) in [4.78, 5) is 4.51. The van der Waals surface area contributed by atoms with Crippen molar-refractivity contribution in [3.63, 3.8) is 0 Å². The van der Waals surface area contributed by atoms with E-state index in [0.29, 0.717) is 0 Å². The zero-order valence-electron chi connectivity index (χ0n) is 13.2. The molecule has 0 bridgehead atoms. The third-order valence-corrected chi connectivity index (χ3v) is 3.62. The highest BCUT2D eigenvalue weighted by molar-refractivity contribution is 5.29. The van der Waals surface area contributed by atoms with Crippen LogP contribution in [0.4, 0.5) is 0 Å². The lowest BCUT2D eigenvalue weighted by atomic mass is 10.0. The fourth-order valence-electron chi connectivity index (χ4n) is 2.55. The van der Waals surface area contributed by atoms with Gasteiger partial charge in [-0.2, -0.15) is 0 Å². The predicted octanol–water partition coefficient (Wildman–Crippen LogP) is 3.20. The summed E-state index contributed by atoms with van der Waals surface area (Å²) >= 11 is 0. The first-order valence-corrected chi connectivity index (χ1v) is 7.65. The minimum atomic E-state index is 0.277. The number of nitrogens with one attached hydrogen (secondary N) is 1. The SMILES string of the molecule is CCCn1ccnc1CC(NCC)c1ccc(OC)cc1. The summed E-state index contributed by atoms with van der Waals surface area (Å²) in [6.07, 6.45) is 5.98. The Morgan fingerprint density at radius 1 is 1.24 bits per heavy atom. The number of methoxy groups -OCH3 is 1. The molecule has 0 saturated carbocycles. The normalized spacial score (nSPS) is 12.3. The zero-order valence-corrected chi connectivity index (χ0v) is 13.2. The van der Waals surface area contributed by atoms with Gasteiger partial charge in [0.2, 0.25) is 0 Å². The minimum Gasteiger partial charge on any atom is -0.497 e. The van der Waals surface area contributed by atoms with Crippen LogP contribution in [0.1, 0.15) is 37.7 Å². The van der Waals surface area contributed by atoms with E-state index in [-0.39, 0.29) is 6.04 Å². The Labute approximate surface area is 127 Å². The maximum atomic E-state index is 5.23. The number of nitrogens with zero attached hydrogens (tertiary/aromatic N) is 2. The summed E-state index contributed by atoms with van der Waals surface area (Å²) in [6.45, 7) is 6.28. The molecule has 1 N–H and O–H groups in total. The van der Waals surface area contributed by atoms with Gasteiger partial charge in [-0.3, -0.25) is 0 Å². The third kappa shape index (κ3) is 4.08. The number of aryl methyl sites for hydroxylation is 1. The highest BCUT2D eigenvalue weighted by atomic mass is 16.5. The van der Waals surface area contributed by atoms with Gasteiger partial charge in [0.25, 0.3) is 0 Å². The standard InChI is InChI=1S/C17H25N3O/c1-4-11-20-12-10-19-17(20)13-16(18-5-2)14-6-8-15(21-3)9-7-14/h6-10,12,16,18H,4-5,11,13H2,1-3H3. The van der Waals surface area contributed by atoms with Crippen molar-refractivity contribution in [3.05, 3.63) is 48.0 Å². The average molecular weight is 287 g/mol.